The standard InChI is InChI=1S/C33H60O4/c1-7-11-23-15-27(16-24(12-8-2)31(23)36-21-29-19-34-29)33(5,6)28-17-25(13-9-3)32(26(18-28)14-10-4)37-22-30-20-35-30/h23-32H,7-22H2,1-6H3. The third kappa shape index (κ3) is 7.95. The van der Waals surface area contributed by atoms with Crippen molar-refractivity contribution >= 4 is 0 Å². The SMILES string of the molecule is CCCC1CC(C(C)(C)C2CC(CCC)C(OCC3CO3)C(CCC)C2)CC(CCC)C1OCC1CO1. The maximum atomic E-state index is 6.66. The molecule has 2 heterocycles. The van der Waals surface area contributed by atoms with Gasteiger partial charge in [-0.2, -0.15) is 0 Å². The van der Waals surface area contributed by atoms with Crippen molar-refractivity contribution in [2.75, 3.05) is 26.4 Å². The molecule has 2 aliphatic carbocycles. The molecule has 0 spiro atoms. The van der Waals surface area contributed by atoms with Crippen molar-refractivity contribution in [1.29, 1.82) is 0 Å². The van der Waals surface area contributed by atoms with Crippen LogP contribution in [-0.2, 0) is 18.9 Å². The summed E-state index contributed by atoms with van der Waals surface area (Å²) < 4.78 is 24.3. The Labute approximate surface area is 229 Å². The van der Waals surface area contributed by atoms with E-state index in [2.05, 4.69) is 41.5 Å². The first-order chi connectivity index (χ1) is 17.9. The van der Waals surface area contributed by atoms with Gasteiger partial charge in [0.2, 0.25) is 0 Å². The Balaban J connectivity index is 1.49. The molecule has 2 saturated carbocycles. The number of hydrogen-bond acceptors (Lipinski definition) is 4. The first-order valence-corrected chi connectivity index (χ1v) is 16.4. The van der Waals surface area contributed by atoms with Gasteiger partial charge in [0.25, 0.3) is 0 Å². The Morgan fingerprint density at radius 1 is 0.568 bits per heavy atom. The van der Waals surface area contributed by atoms with E-state index in [0.717, 1.165) is 38.3 Å². The fourth-order valence-electron chi connectivity index (χ4n) is 8.43. The molecule has 4 fully saturated rings. The van der Waals surface area contributed by atoms with Gasteiger partial charge >= 0.3 is 0 Å². The number of ether oxygens (including phenoxy) is 4. The molecule has 0 aromatic carbocycles. The number of epoxide rings is 2. The van der Waals surface area contributed by atoms with Crippen molar-refractivity contribution in [1.82, 2.24) is 0 Å². The molecule has 2 saturated heterocycles. The smallest absolute Gasteiger partial charge is 0.104 e. The third-order valence-electron chi connectivity index (χ3n) is 10.7. The van der Waals surface area contributed by atoms with E-state index in [1.165, 1.54) is 77.0 Å². The van der Waals surface area contributed by atoms with Crippen LogP contribution in [-0.4, -0.2) is 50.8 Å². The van der Waals surface area contributed by atoms with Crippen LogP contribution in [0.3, 0.4) is 0 Å². The molecule has 0 aromatic heterocycles. The summed E-state index contributed by atoms with van der Waals surface area (Å²) in [4.78, 5) is 0. The Kier molecular flexibility index (Phi) is 11.2. The van der Waals surface area contributed by atoms with E-state index in [9.17, 15) is 0 Å². The van der Waals surface area contributed by atoms with Gasteiger partial charge in [-0.25, -0.2) is 0 Å². The van der Waals surface area contributed by atoms with Crippen molar-refractivity contribution in [3.8, 4) is 0 Å². The van der Waals surface area contributed by atoms with Gasteiger partial charge in [0, 0.05) is 0 Å². The zero-order chi connectivity index (χ0) is 26.4. The summed E-state index contributed by atoms with van der Waals surface area (Å²) >= 11 is 0. The summed E-state index contributed by atoms with van der Waals surface area (Å²) in [5.74, 6) is 4.40. The lowest BCUT2D eigenvalue weighted by atomic mass is 9.54. The second-order valence-corrected chi connectivity index (χ2v) is 13.9. The van der Waals surface area contributed by atoms with Crippen molar-refractivity contribution in [2.45, 2.75) is 143 Å². The number of rotatable bonds is 16. The summed E-state index contributed by atoms with van der Waals surface area (Å²) in [6.07, 6.45) is 17.3. The molecule has 6 atom stereocenters. The van der Waals surface area contributed by atoms with E-state index in [1.807, 2.05) is 0 Å². The van der Waals surface area contributed by atoms with Gasteiger partial charge in [0.05, 0.1) is 38.6 Å². The van der Waals surface area contributed by atoms with Crippen molar-refractivity contribution < 1.29 is 18.9 Å². The second-order valence-electron chi connectivity index (χ2n) is 13.9. The predicted molar refractivity (Wildman–Crippen MR) is 152 cm³/mol. The van der Waals surface area contributed by atoms with Crippen LogP contribution in [0.25, 0.3) is 0 Å². The van der Waals surface area contributed by atoms with Crippen molar-refractivity contribution in [3.63, 3.8) is 0 Å². The fraction of sp³-hybridized carbons (Fsp3) is 1.00. The van der Waals surface area contributed by atoms with Crippen LogP contribution in [0.15, 0.2) is 0 Å². The highest BCUT2D eigenvalue weighted by Crippen LogP contribution is 2.55. The molecular formula is C33H60O4. The van der Waals surface area contributed by atoms with Crippen molar-refractivity contribution in [2.24, 2.45) is 40.9 Å². The normalized spacial score (nSPS) is 40.1. The van der Waals surface area contributed by atoms with E-state index in [4.69, 9.17) is 18.9 Å². The molecule has 4 heteroatoms. The van der Waals surface area contributed by atoms with Crippen LogP contribution in [0.4, 0.5) is 0 Å². The van der Waals surface area contributed by atoms with E-state index >= 15 is 0 Å². The summed E-state index contributed by atoms with van der Waals surface area (Å²) in [5, 5.41) is 0. The van der Waals surface area contributed by atoms with Crippen LogP contribution < -0.4 is 0 Å². The van der Waals surface area contributed by atoms with Gasteiger partial charge in [0.15, 0.2) is 0 Å². The zero-order valence-corrected chi connectivity index (χ0v) is 25.2. The van der Waals surface area contributed by atoms with Gasteiger partial charge in [-0.15, -0.1) is 0 Å². The molecule has 4 nitrogen and oxygen atoms in total. The third-order valence-corrected chi connectivity index (χ3v) is 10.7. The zero-order valence-electron chi connectivity index (χ0n) is 25.2. The topological polar surface area (TPSA) is 43.5 Å². The van der Waals surface area contributed by atoms with Gasteiger partial charge in [-0.05, 0) is 92.3 Å². The van der Waals surface area contributed by atoms with Gasteiger partial charge in [-0.1, -0.05) is 67.2 Å². The molecular weight excluding hydrogens is 460 g/mol. The molecule has 4 rings (SSSR count). The van der Waals surface area contributed by atoms with Gasteiger partial charge < -0.3 is 18.9 Å². The largest absolute Gasteiger partial charge is 0.375 e. The Morgan fingerprint density at radius 3 is 1.11 bits per heavy atom. The summed E-state index contributed by atoms with van der Waals surface area (Å²) in [7, 11) is 0. The lowest BCUT2D eigenvalue weighted by Crippen LogP contribution is -2.49. The fourth-order valence-corrected chi connectivity index (χ4v) is 8.43. The van der Waals surface area contributed by atoms with E-state index in [1.54, 1.807) is 0 Å². The minimum Gasteiger partial charge on any atom is -0.375 e. The van der Waals surface area contributed by atoms with Crippen LogP contribution in [0.2, 0.25) is 0 Å². The Morgan fingerprint density at radius 2 is 0.865 bits per heavy atom. The summed E-state index contributed by atoms with van der Waals surface area (Å²) in [6, 6.07) is 0. The molecule has 4 aliphatic rings. The molecule has 2 aliphatic heterocycles. The second kappa shape index (κ2) is 14.0. The quantitative estimate of drug-likeness (QED) is 0.193. The van der Waals surface area contributed by atoms with E-state index < -0.39 is 0 Å². The molecule has 216 valence electrons. The molecule has 0 aromatic rings. The maximum Gasteiger partial charge on any atom is 0.104 e. The number of hydrogen-bond donors (Lipinski definition) is 0. The average molecular weight is 521 g/mol. The molecule has 0 N–H and O–H groups in total. The molecule has 0 radical (unpaired) electrons. The van der Waals surface area contributed by atoms with Crippen LogP contribution >= 0.6 is 0 Å². The van der Waals surface area contributed by atoms with E-state index in [0.29, 0.717) is 53.5 Å². The van der Waals surface area contributed by atoms with Crippen molar-refractivity contribution in [3.05, 3.63) is 0 Å². The van der Waals surface area contributed by atoms with E-state index in [-0.39, 0.29) is 0 Å². The Hall–Kier alpha value is -0.160. The first kappa shape index (κ1) is 29.8. The minimum absolute atomic E-state index is 0.366. The highest BCUT2D eigenvalue weighted by atomic mass is 16.6. The van der Waals surface area contributed by atoms with Crippen LogP contribution in [0.5, 0.6) is 0 Å². The summed E-state index contributed by atoms with van der Waals surface area (Å²) in [6.45, 7) is 18.2. The van der Waals surface area contributed by atoms with Gasteiger partial charge in [-0.3, -0.25) is 0 Å². The molecule has 0 amide bonds. The highest BCUT2D eigenvalue weighted by Gasteiger charge is 2.49. The van der Waals surface area contributed by atoms with Crippen LogP contribution in [0, 0.1) is 40.9 Å². The molecule has 6 unspecified atom stereocenters. The molecule has 0 bridgehead atoms. The maximum absolute atomic E-state index is 6.66. The lowest BCUT2D eigenvalue weighted by Gasteiger charge is -2.53. The average Bonchev–Trinajstić information content (AvgIpc) is 3.79. The monoisotopic (exact) mass is 520 g/mol. The molecule has 37 heavy (non-hydrogen) atoms. The highest BCUT2D eigenvalue weighted by molar-refractivity contribution is 4.99. The minimum atomic E-state index is 0.366. The summed E-state index contributed by atoms with van der Waals surface area (Å²) in [5.41, 5.74) is 0.366. The Bertz CT molecular complexity index is 571. The predicted octanol–water partition coefficient (Wildman–Crippen LogP) is 8.07. The van der Waals surface area contributed by atoms with Crippen LogP contribution in [0.1, 0.15) is 119 Å². The lowest BCUT2D eigenvalue weighted by molar-refractivity contribution is -0.117. The van der Waals surface area contributed by atoms with Gasteiger partial charge in [0.1, 0.15) is 12.2 Å². The first-order valence-electron chi connectivity index (χ1n) is 16.4.